The van der Waals surface area contributed by atoms with E-state index in [0.717, 1.165) is 36.0 Å². The molecule has 1 saturated carbocycles. The minimum Gasteiger partial charge on any atom is -0.397 e. The second kappa shape index (κ2) is 5.23. The van der Waals surface area contributed by atoms with Crippen molar-refractivity contribution in [1.29, 1.82) is 0 Å². The van der Waals surface area contributed by atoms with Gasteiger partial charge in [0.1, 0.15) is 5.82 Å². The third kappa shape index (κ3) is 2.90. The Bertz CT molecular complexity index is 391. The van der Waals surface area contributed by atoms with E-state index in [2.05, 4.69) is 26.2 Å². The van der Waals surface area contributed by atoms with Crippen LogP contribution in [-0.2, 0) is 0 Å². The predicted molar refractivity (Wildman–Crippen MR) is 72.9 cm³/mol. The number of halogens is 1. The Hall–Kier alpha value is -0.810. The van der Waals surface area contributed by atoms with Crippen LogP contribution in [0.3, 0.4) is 0 Å². The molecule has 1 heterocycles. The number of nitrogens with two attached hydrogens (primary N) is 1. The molecule has 0 saturated heterocycles. The van der Waals surface area contributed by atoms with Crippen LogP contribution in [0.15, 0.2) is 16.7 Å². The van der Waals surface area contributed by atoms with Crippen molar-refractivity contribution in [3.05, 3.63) is 16.7 Å². The van der Waals surface area contributed by atoms with Crippen molar-refractivity contribution in [2.24, 2.45) is 0 Å². The van der Waals surface area contributed by atoms with Gasteiger partial charge in [-0.1, -0.05) is 19.3 Å². The van der Waals surface area contributed by atoms with Gasteiger partial charge in [-0.3, -0.25) is 0 Å². The lowest BCUT2D eigenvalue weighted by Crippen LogP contribution is -2.44. The molecule has 1 aromatic heterocycles. The lowest BCUT2D eigenvalue weighted by molar-refractivity contribution is 0.172. The SMILES string of the molecule is Nc1cnc(NC2(CO)CCCCC2)c(Br)c1. The van der Waals surface area contributed by atoms with Gasteiger partial charge < -0.3 is 16.2 Å². The van der Waals surface area contributed by atoms with Crippen LogP contribution in [0.5, 0.6) is 0 Å². The standard InChI is InChI=1S/C12H18BrN3O/c13-10-6-9(14)7-15-11(10)16-12(8-17)4-2-1-3-5-12/h6-7,17H,1-5,8,14H2,(H,15,16). The van der Waals surface area contributed by atoms with E-state index in [1.165, 1.54) is 6.42 Å². The molecule has 1 fully saturated rings. The zero-order valence-electron chi connectivity index (χ0n) is 9.75. The van der Waals surface area contributed by atoms with Gasteiger partial charge in [-0.05, 0) is 34.8 Å². The van der Waals surface area contributed by atoms with Crippen molar-refractivity contribution in [1.82, 2.24) is 4.98 Å². The number of pyridine rings is 1. The molecule has 4 nitrogen and oxygen atoms in total. The largest absolute Gasteiger partial charge is 0.397 e. The summed E-state index contributed by atoms with van der Waals surface area (Å²) in [4.78, 5) is 4.27. The maximum atomic E-state index is 9.62. The van der Waals surface area contributed by atoms with Gasteiger partial charge in [0, 0.05) is 0 Å². The average Bonchev–Trinajstić information content (AvgIpc) is 2.34. The molecule has 0 bridgehead atoms. The lowest BCUT2D eigenvalue weighted by atomic mass is 9.82. The molecular weight excluding hydrogens is 282 g/mol. The first kappa shape index (κ1) is 12.6. The minimum atomic E-state index is -0.218. The highest BCUT2D eigenvalue weighted by molar-refractivity contribution is 9.10. The van der Waals surface area contributed by atoms with E-state index < -0.39 is 0 Å². The molecule has 0 spiro atoms. The zero-order chi connectivity index (χ0) is 12.3. The van der Waals surface area contributed by atoms with Gasteiger partial charge in [0.25, 0.3) is 0 Å². The van der Waals surface area contributed by atoms with Crippen molar-refractivity contribution in [2.75, 3.05) is 17.7 Å². The number of aliphatic hydroxyl groups is 1. The van der Waals surface area contributed by atoms with Crippen LogP contribution in [0.2, 0.25) is 0 Å². The number of aliphatic hydroxyl groups excluding tert-OH is 1. The van der Waals surface area contributed by atoms with Crippen LogP contribution >= 0.6 is 15.9 Å². The third-order valence-electron chi connectivity index (χ3n) is 3.36. The van der Waals surface area contributed by atoms with Gasteiger partial charge >= 0.3 is 0 Å². The molecule has 17 heavy (non-hydrogen) atoms. The summed E-state index contributed by atoms with van der Waals surface area (Å²) in [7, 11) is 0. The Balaban J connectivity index is 2.17. The first-order valence-electron chi connectivity index (χ1n) is 5.95. The second-order valence-electron chi connectivity index (χ2n) is 4.72. The number of aromatic nitrogens is 1. The molecule has 94 valence electrons. The molecule has 0 amide bonds. The molecular formula is C12H18BrN3O. The summed E-state index contributed by atoms with van der Waals surface area (Å²) in [5.74, 6) is 0.759. The Morgan fingerprint density at radius 1 is 1.41 bits per heavy atom. The van der Waals surface area contributed by atoms with Crippen molar-refractivity contribution in [3.63, 3.8) is 0 Å². The van der Waals surface area contributed by atoms with E-state index in [0.29, 0.717) is 5.69 Å². The van der Waals surface area contributed by atoms with E-state index in [-0.39, 0.29) is 12.1 Å². The predicted octanol–water partition coefficient (Wildman–Crippen LogP) is 2.53. The highest BCUT2D eigenvalue weighted by atomic mass is 79.9. The van der Waals surface area contributed by atoms with Crippen molar-refractivity contribution >= 4 is 27.4 Å². The molecule has 2 rings (SSSR count). The van der Waals surface area contributed by atoms with Crippen LogP contribution in [0.1, 0.15) is 32.1 Å². The second-order valence-corrected chi connectivity index (χ2v) is 5.58. The Morgan fingerprint density at radius 2 is 2.12 bits per heavy atom. The molecule has 4 N–H and O–H groups in total. The fraction of sp³-hybridized carbons (Fsp3) is 0.583. The maximum Gasteiger partial charge on any atom is 0.140 e. The van der Waals surface area contributed by atoms with Gasteiger partial charge in [0.2, 0.25) is 0 Å². The Morgan fingerprint density at radius 3 is 2.71 bits per heavy atom. The van der Waals surface area contributed by atoms with Crippen molar-refractivity contribution in [3.8, 4) is 0 Å². The Kier molecular flexibility index (Phi) is 3.89. The smallest absolute Gasteiger partial charge is 0.140 e. The molecule has 0 atom stereocenters. The van der Waals surface area contributed by atoms with E-state index in [9.17, 15) is 5.11 Å². The summed E-state index contributed by atoms with van der Waals surface area (Å²) in [5, 5.41) is 13.0. The van der Waals surface area contributed by atoms with Crippen LogP contribution in [-0.4, -0.2) is 22.2 Å². The third-order valence-corrected chi connectivity index (χ3v) is 3.96. The molecule has 0 unspecified atom stereocenters. The Labute approximate surface area is 110 Å². The van der Waals surface area contributed by atoms with Crippen LogP contribution < -0.4 is 11.1 Å². The molecule has 0 radical (unpaired) electrons. The number of nitrogens with one attached hydrogen (secondary N) is 1. The van der Waals surface area contributed by atoms with Gasteiger partial charge in [0.05, 0.1) is 28.5 Å². The number of hydrogen-bond donors (Lipinski definition) is 3. The van der Waals surface area contributed by atoms with Crippen LogP contribution in [0.25, 0.3) is 0 Å². The zero-order valence-corrected chi connectivity index (χ0v) is 11.3. The van der Waals surface area contributed by atoms with E-state index in [1.807, 2.05) is 6.07 Å². The normalized spacial score (nSPS) is 18.9. The quantitative estimate of drug-likeness (QED) is 0.802. The lowest BCUT2D eigenvalue weighted by Gasteiger charge is -2.37. The average molecular weight is 300 g/mol. The maximum absolute atomic E-state index is 9.62. The molecule has 1 aliphatic carbocycles. The summed E-state index contributed by atoms with van der Waals surface area (Å²) in [6.07, 6.45) is 7.16. The van der Waals surface area contributed by atoms with Gasteiger partial charge in [-0.25, -0.2) is 4.98 Å². The van der Waals surface area contributed by atoms with E-state index >= 15 is 0 Å². The summed E-state index contributed by atoms with van der Waals surface area (Å²) >= 11 is 3.44. The summed E-state index contributed by atoms with van der Waals surface area (Å²) in [6.45, 7) is 0.144. The minimum absolute atomic E-state index is 0.144. The number of hydrogen-bond acceptors (Lipinski definition) is 4. The number of nitrogen functional groups attached to an aromatic ring is 1. The fourth-order valence-corrected chi connectivity index (χ4v) is 2.81. The number of nitrogens with zero attached hydrogens (tertiary/aromatic N) is 1. The number of rotatable bonds is 3. The van der Waals surface area contributed by atoms with Gasteiger partial charge in [-0.15, -0.1) is 0 Å². The van der Waals surface area contributed by atoms with Crippen LogP contribution in [0.4, 0.5) is 11.5 Å². The number of anilines is 2. The van der Waals surface area contributed by atoms with E-state index in [4.69, 9.17) is 5.73 Å². The molecule has 0 aromatic carbocycles. The topological polar surface area (TPSA) is 71.2 Å². The molecule has 0 aliphatic heterocycles. The van der Waals surface area contributed by atoms with Crippen molar-refractivity contribution in [2.45, 2.75) is 37.6 Å². The van der Waals surface area contributed by atoms with Gasteiger partial charge in [0.15, 0.2) is 0 Å². The first-order valence-corrected chi connectivity index (χ1v) is 6.75. The summed E-state index contributed by atoms with van der Waals surface area (Å²) in [6, 6.07) is 1.82. The van der Waals surface area contributed by atoms with Crippen LogP contribution in [0, 0.1) is 0 Å². The van der Waals surface area contributed by atoms with Gasteiger partial charge in [-0.2, -0.15) is 0 Å². The highest BCUT2D eigenvalue weighted by Gasteiger charge is 2.31. The molecule has 1 aromatic rings. The fourth-order valence-electron chi connectivity index (χ4n) is 2.35. The highest BCUT2D eigenvalue weighted by Crippen LogP contribution is 2.33. The first-order chi connectivity index (χ1) is 8.15. The van der Waals surface area contributed by atoms with E-state index in [1.54, 1.807) is 6.20 Å². The summed E-state index contributed by atoms with van der Waals surface area (Å²) in [5.41, 5.74) is 6.07. The van der Waals surface area contributed by atoms with Crippen molar-refractivity contribution < 1.29 is 5.11 Å². The molecule has 5 heteroatoms. The molecule has 1 aliphatic rings. The monoisotopic (exact) mass is 299 g/mol. The summed E-state index contributed by atoms with van der Waals surface area (Å²) < 4.78 is 0.843.